The lowest BCUT2D eigenvalue weighted by molar-refractivity contribution is 0.221. The van der Waals surface area contributed by atoms with Crippen LogP contribution in [0.4, 0.5) is 0 Å². The second-order valence-electron chi connectivity index (χ2n) is 3.74. The van der Waals surface area contributed by atoms with E-state index in [2.05, 4.69) is 21.2 Å². The summed E-state index contributed by atoms with van der Waals surface area (Å²) in [6.45, 7) is 2.66. The summed E-state index contributed by atoms with van der Waals surface area (Å²) >= 11 is 3.33. The van der Waals surface area contributed by atoms with Gasteiger partial charge in [0.25, 0.3) is 0 Å². The fourth-order valence-electron chi connectivity index (χ4n) is 1.71. The second-order valence-corrected chi connectivity index (χ2v) is 4.54. The number of hydrogen-bond donors (Lipinski definition) is 1. The number of benzene rings is 1. The number of hydrogen-bond acceptors (Lipinski definition) is 3. The minimum Gasteiger partial charge on any atom is -0.493 e. The van der Waals surface area contributed by atoms with Crippen molar-refractivity contribution in [2.24, 2.45) is 0 Å². The molecule has 3 nitrogen and oxygen atoms in total. The quantitative estimate of drug-likeness (QED) is 0.842. The van der Waals surface area contributed by atoms with Gasteiger partial charge in [-0.2, -0.15) is 0 Å². The van der Waals surface area contributed by atoms with Crippen molar-refractivity contribution < 1.29 is 9.47 Å². The van der Waals surface area contributed by atoms with Crippen LogP contribution in [0.25, 0.3) is 0 Å². The molecule has 4 heteroatoms. The van der Waals surface area contributed by atoms with Gasteiger partial charge in [-0.25, -0.2) is 0 Å². The van der Waals surface area contributed by atoms with Crippen LogP contribution in [0, 0.1) is 0 Å². The monoisotopic (exact) mass is 285 g/mol. The molecule has 0 amide bonds. The van der Waals surface area contributed by atoms with Crippen molar-refractivity contribution in [3.05, 3.63) is 24.3 Å². The van der Waals surface area contributed by atoms with Crippen molar-refractivity contribution in [2.75, 3.05) is 25.0 Å². The molecule has 2 rings (SSSR count). The van der Waals surface area contributed by atoms with Gasteiger partial charge in [-0.1, -0.05) is 22.0 Å². The van der Waals surface area contributed by atoms with E-state index in [4.69, 9.17) is 9.47 Å². The van der Waals surface area contributed by atoms with E-state index in [0.717, 1.165) is 36.3 Å². The number of halogens is 1. The lowest BCUT2D eigenvalue weighted by Crippen LogP contribution is -2.19. The molecule has 0 saturated carbocycles. The van der Waals surface area contributed by atoms with Crippen LogP contribution in [0.15, 0.2) is 24.3 Å². The van der Waals surface area contributed by atoms with Crippen molar-refractivity contribution in [3.8, 4) is 11.5 Å². The zero-order valence-corrected chi connectivity index (χ0v) is 10.7. The topological polar surface area (TPSA) is 30.5 Å². The third-order valence-corrected chi connectivity index (χ3v) is 2.79. The molecule has 1 unspecified atom stereocenters. The highest BCUT2D eigenvalue weighted by Crippen LogP contribution is 2.21. The van der Waals surface area contributed by atoms with Crippen molar-refractivity contribution in [1.82, 2.24) is 5.32 Å². The van der Waals surface area contributed by atoms with Gasteiger partial charge in [0.2, 0.25) is 0 Å². The average Bonchev–Trinajstić information content (AvgIpc) is 2.80. The maximum atomic E-state index is 5.84. The Morgan fingerprint density at radius 2 is 2.25 bits per heavy atom. The van der Waals surface area contributed by atoms with E-state index < -0.39 is 0 Å². The van der Waals surface area contributed by atoms with Gasteiger partial charge in [0.1, 0.15) is 17.6 Å². The van der Waals surface area contributed by atoms with E-state index in [1.54, 1.807) is 0 Å². The Hall–Kier alpha value is -0.740. The summed E-state index contributed by atoms with van der Waals surface area (Å²) in [6.07, 6.45) is 1.37. The van der Waals surface area contributed by atoms with Gasteiger partial charge in [-0.05, 0) is 25.1 Å². The first-order valence-corrected chi connectivity index (χ1v) is 6.67. The molecule has 1 atom stereocenters. The predicted octanol–water partition coefficient (Wildman–Crippen LogP) is 2.20. The van der Waals surface area contributed by atoms with E-state index in [1.807, 2.05) is 24.3 Å². The van der Waals surface area contributed by atoms with Gasteiger partial charge >= 0.3 is 0 Å². The highest BCUT2D eigenvalue weighted by Gasteiger charge is 2.15. The van der Waals surface area contributed by atoms with Crippen molar-refractivity contribution in [1.29, 1.82) is 0 Å². The predicted molar refractivity (Wildman–Crippen MR) is 67.6 cm³/mol. The fraction of sp³-hybridized carbons (Fsp3) is 0.500. The molecular formula is C12H16BrNO2. The molecule has 1 fully saturated rings. The van der Waals surface area contributed by atoms with Gasteiger partial charge in [0.05, 0.1) is 6.61 Å². The zero-order valence-electron chi connectivity index (χ0n) is 9.12. The molecule has 0 bridgehead atoms. The normalized spacial score (nSPS) is 19.7. The molecule has 1 heterocycles. The third-order valence-electron chi connectivity index (χ3n) is 2.47. The standard InChI is InChI=1S/C12H16BrNO2/c13-5-7-15-10-2-1-3-11(8-10)16-12-4-6-14-9-12/h1-3,8,12,14H,4-7,9H2. The molecule has 88 valence electrons. The minimum absolute atomic E-state index is 0.298. The first-order chi connectivity index (χ1) is 7.88. The molecule has 16 heavy (non-hydrogen) atoms. The number of nitrogens with one attached hydrogen (secondary N) is 1. The third kappa shape index (κ3) is 3.39. The fourth-order valence-corrected chi connectivity index (χ4v) is 1.88. The van der Waals surface area contributed by atoms with Gasteiger partial charge in [0, 0.05) is 17.9 Å². The zero-order chi connectivity index (χ0) is 11.2. The average molecular weight is 286 g/mol. The Morgan fingerprint density at radius 3 is 3.00 bits per heavy atom. The number of alkyl halides is 1. The molecular weight excluding hydrogens is 270 g/mol. The second kappa shape index (κ2) is 6.11. The van der Waals surface area contributed by atoms with Crippen LogP contribution in [0.1, 0.15) is 6.42 Å². The van der Waals surface area contributed by atoms with Gasteiger partial charge in [-0.3, -0.25) is 0 Å². The molecule has 0 aliphatic carbocycles. The van der Waals surface area contributed by atoms with Crippen molar-refractivity contribution in [2.45, 2.75) is 12.5 Å². The highest BCUT2D eigenvalue weighted by molar-refractivity contribution is 9.09. The molecule has 1 saturated heterocycles. The number of rotatable bonds is 5. The van der Waals surface area contributed by atoms with E-state index in [9.17, 15) is 0 Å². The first kappa shape index (κ1) is 11.7. The lowest BCUT2D eigenvalue weighted by Gasteiger charge is -2.13. The Labute approximate surface area is 104 Å². The van der Waals surface area contributed by atoms with E-state index in [0.29, 0.717) is 12.7 Å². The summed E-state index contributed by atoms with van der Waals surface area (Å²) < 4.78 is 11.4. The van der Waals surface area contributed by atoms with Crippen molar-refractivity contribution >= 4 is 15.9 Å². The van der Waals surface area contributed by atoms with Crippen LogP contribution in [0.3, 0.4) is 0 Å². The molecule has 0 spiro atoms. The molecule has 1 aliphatic heterocycles. The molecule has 1 N–H and O–H groups in total. The largest absolute Gasteiger partial charge is 0.493 e. The summed E-state index contributed by atoms with van der Waals surface area (Å²) in [6, 6.07) is 7.82. The van der Waals surface area contributed by atoms with Gasteiger partial charge in [0.15, 0.2) is 0 Å². The Balaban J connectivity index is 1.92. The summed E-state index contributed by atoms with van der Waals surface area (Å²) in [5.74, 6) is 1.75. The first-order valence-electron chi connectivity index (χ1n) is 5.54. The molecule has 1 aliphatic rings. The molecule has 0 aromatic heterocycles. The maximum absolute atomic E-state index is 5.84. The molecule has 1 aromatic carbocycles. The lowest BCUT2D eigenvalue weighted by atomic mass is 10.3. The molecule has 1 aromatic rings. The summed E-state index contributed by atoms with van der Waals surface area (Å²) in [5, 5.41) is 4.12. The SMILES string of the molecule is BrCCOc1cccc(OC2CCNC2)c1. The highest BCUT2D eigenvalue weighted by atomic mass is 79.9. The van der Waals surface area contributed by atoms with Crippen LogP contribution in [0.2, 0.25) is 0 Å². The van der Waals surface area contributed by atoms with Crippen LogP contribution in [-0.4, -0.2) is 31.1 Å². The summed E-state index contributed by atoms with van der Waals surface area (Å²) in [4.78, 5) is 0. The van der Waals surface area contributed by atoms with Gasteiger partial charge < -0.3 is 14.8 Å². The van der Waals surface area contributed by atoms with E-state index >= 15 is 0 Å². The summed E-state index contributed by atoms with van der Waals surface area (Å²) in [5.41, 5.74) is 0. The van der Waals surface area contributed by atoms with Crippen LogP contribution in [-0.2, 0) is 0 Å². The Kier molecular flexibility index (Phi) is 4.48. The molecule has 0 radical (unpaired) electrons. The number of ether oxygens (including phenoxy) is 2. The van der Waals surface area contributed by atoms with Crippen molar-refractivity contribution in [3.63, 3.8) is 0 Å². The van der Waals surface area contributed by atoms with Crippen LogP contribution in [0.5, 0.6) is 11.5 Å². The minimum atomic E-state index is 0.298. The maximum Gasteiger partial charge on any atom is 0.123 e. The summed E-state index contributed by atoms with van der Waals surface area (Å²) in [7, 11) is 0. The smallest absolute Gasteiger partial charge is 0.123 e. The van der Waals surface area contributed by atoms with Crippen LogP contribution < -0.4 is 14.8 Å². The van der Waals surface area contributed by atoms with Crippen LogP contribution >= 0.6 is 15.9 Å². The van der Waals surface area contributed by atoms with Gasteiger partial charge in [-0.15, -0.1) is 0 Å². The Morgan fingerprint density at radius 1 is 1.38 bits per heavy atom. The Bertz CT molecular complexity index is 327. The van der Waals surface area contributed by atoms with E-state index in [-0.39, 0.29) is 0 Å². The van der Waals surface area contributed by atoms with E-state index in [1.165, 1.54) is 0 Å².